The van der Waals surface area contributed by atoms with Gasteiger partial charge in [0.15, 0.2) is 0 Å². The Labute approximate surface area is 107 Å². The summed E-state index contributed by atoms with van der Waals surface area (Å²) in [5.41, 5.74) is 0.524. The Balaban J connectivity index is 2.09. The molecule has 0 radical (unpaired) electrons. The van der Waals surface area contributed by atoms with Crippen molar-refractivity contribution < 1.29 is 13.9 Å². The number of rotatable bonds is 3. The molecule has 2 unspecified atom stereocenters. The Bertz CT molecular complexity index is 416. The Morgan fingerprint density at radius 3 is 3.11 bits per heavy atom. The van der Waals surface area contributed by atoms with Crippen LogP contribution in [0.2, 0.25) is 0 Å². The van der Waals surface area contributed by atoms with E-state index in [2.05, 4.69) is 24.1 Å². The Morgan fingerprint density at radius 2 is 2.39 bits per heavy atom. The Morgan fingerprint density at radius 1 is 1.61 bits per heavy atom. The number of piperazine rings is 1. The van der Waals surface area contributed by atoms with E-state index in [0.717, 1.165) is 13.1 Å². The maximum Gasteiger partial charge on any atom is 0.341 e. The van der Waals surface area contributed by atoms with Crippen LogP contribution in [0.3, 0.4) is 0 Å². The molecule has 2 heterocycles. The van der Waals surface area contributed by atoms with Crippen LogP contribution in [-0.4, -0.2) is 43.2 Å². The van der Waals surface area contributed by atoms with Gasteiger partial charge in [-0.1, -0.05) is 0 Å². The molecule has 1 aromatic rings. The smallest absolute Gasteiger partial charge is 0.341 e. The predicted octanol–water partition coefficient (Wildman–Crippen LogP) is 1.25. The fourth-order valence-electron chi connectivity index (χ4n) is 2.26. The second-order valence-electron chi connectivity index (χ2n) is 4.84. The molecule has 0 spiro atoms. The van der Waals surface area contributed by atoms with Gasteiger partial charge in [0, 0.05) is 25.2 Å². The summed E-state index contributed by atoms with van der Waals surface area (Å²) in [5, 5.41) is 3.43. The molecule has 2 atom stereocenters. The molecule has 1 N–H and O–H groups in total. The van der Waals surface area contributed by atoms with E-state index < -0.39 is 0 Å². The summed E-state index contributed by atoms with van der Waals surface area (Å²) in [6, 6.07) is 2.55. The SMILES string of the molecule is COC(=O)c1ccoc1CN1CC(C)NCC1C. The predicted molar refractivity (Wildman–Crippen MR) is 67.4 cm³/mol. The summed E-state index contributed by atoms with van der Waals surface area (Å²) in [5.74, 6) is 0.345. The number of nitrogens with one attached hydrogen (secondary N) is 1. The van der Waals surface area contributed by atoms with E-state index in [9.17, 15) is 4.79 Å². The maximum atomic E-state index is 11.6. The molecule has 1 aliphatic rings. The van der Waals surface area contributed by atoms with Crippen LogP contribution in [0.25, 0.3) is 0 Å². The van der Waals surface area contributed by atoms with Gasteiger partial charge >= 0.3 is 5.97 Å². The van der Waals surface area contributed by atoms with Crippen molar-refractivity contribution in [3.8, 4) is 0 Å². The summed E-state index contributed by atoms with van der Waals surface area (Å²) < 4.78 is 10.2. The lowest BCUT2D eigenvalue weighted by atomic mass is 10.1. The second kappa shape index (κ2) is 5.54. The number of hydrogen-bond donors (Lipinski definition) is 1. The number of methoxy groups -OCH3 is 1. The first-order chi connectivity index (χ1) is 8.61. The number of furan rings is 1. The number of hydrogen-bond acceptors (Lipinski definition) is 5. The average molecular weight is 252 g/mol. The zero-order chi connectivity index (χ0) is 13.1. The molecule has 18 heavy (non-hydrogen) atoms. The summed E-state index contributed by atoms with van der Waals surface area (Å²) >= 11 is 0. The van der Waals surface area contributed by atoms with Crippen molar-refractivity contribution in [1.29, 1.82) is 0 Å². The molecule has 5 nitrogen and oxygen atoms in total. The minimum absolute atomic E-state index is 0.338. The van der Waals surface area contributed by atoms with E-state index in [1.54, 1.807) is 6.07 Å². The number of ether oxygens (including phenoxy) is 1. The Hall–Kier alpha value is -1.33. The fourth-order valence-corrected chi connectivity index (χ4v) is 2.26. The van der Waals surface area contributed by atoms with Crippen molar-refractivity contribution in [1.82, 2.24) is 10.2 Å². The monoisotopic (exact) mass is 252 g/mol. The van der Waals surface area contributed by atoms with Gasteiger partial charge in [-0.2, -0.15) is 0 Å². The van der Waals surface area contributed by atoms with Crippen LogP contribution in [0.4, 0.5) is 0 Å². The highest BCUT2D eigenvalue weighted by Crippen LogP contribution is 2.17. The van der Waals surface area contributed by atoms with Crippen LogP contribution in [0.15, 0.2) is 16.7 Å². The number of carbonyl (C=O) groups excluding carboxylic acids is 1. The fraction of sp³-hybridized carbons (Fsp3) is 0.615. The number of nitrogens with zero attached hydrogens (tertiary/aromatic N) is 1. The third kappa shape index (κ3) is 2.73. The highest BCUT2D eigenvalue weighted by atomic mass is 16.5. The van der Waals surface area contributed by atoms with Crippen molar-refractivity contribution in [2.45, 2.75) is 32.5 Å². The van der Waals surface area contributed by atoms with E-state index in [-0.39, 0.29) is 5.97 Å². The molecule has 0 saturated carbocycles. The van der Waals surface area contributed by atoms with Crippen LogP contribution < -0.4 is 5.32 Å². The largest absolute Gasteiger partial charge is 0.467 e. The summed E-state index contributed by atoms with van der Waals surface area (Å²) in [6.07, 6.45) is 1.54. The van der Waals surface area contributed by atoms with Crippen molar-refractivity contribution in [3.63, 3.8) is 0 Å². The lowest BCUT2D eigenvalue weighted by Gasteiger charge is -2.37. The van der Waals surface area contributed by atoms with E-state index in [4.69, 9.17) is 9.15 Å². The van der Waals surface area contributed by atoms with Gasteiger partial charge < -0.3 is 14.5 Å². The third-order valence-corrected chi connectivity index (χ3v) is 3.39. The van der Waals surface area contributed by atoms with Gasteiger partial charge in [-0.3, -0.25) is 4.90 Å². The van der Waals surface area contributed by atoms with Gasteiger partial charge in [0.1, 0.15) is 11.3 Å². The van der Waals surface area contributed by atoms with Crippen LogP contribution in [0.5, 0.6) is 0 Å². The first kappa shape index (κ1) is 13.1. The zero-order valence-electron chi connectivity index (χ0n) is 11.1. The molecule has 5 heteroatoms. The van der Waals surface area contributed by atoms with E-state index in [0.29, 0.717) is 30.0 Å². The molecule has 1 fully saturated rings. The normalized spacial score (nSPS) is 25.1. The molecule has 0 amide bonds. The van der Waals surface area contributed by atoms with Gasteiger partial charge in [-0.25, -0.2) is 4.79 Å². The highest BCUT2D eigenvalue weighted by molar-refractivity contribution is 5.90. The topological polar surface area (TPSA) is 54.7 Å². The standard InChI is InChI=1S/C13H20N2O3/c1-9-7-15(10(2)6-14-9)8-12-11(4-5-18-12)13(16)17-3/h4-5,9-10,14H,6-8H2,1-3H3. The van der Waals surface area contributed by atoms with Gasteiger partial charge in [0.05, 0.1) is 19.9 Å². The van der Waals surface area contributed by atoms with E-state index in [1.165, 1.54) is 13.4 Å². The van der Waals surface area contributed by atoms with E-state index >= 15 is 0 Å². The number of carbonyl (C=O) groups is 1. The van der Waals surface area contributed by atoms with Gasteiger partial charge in [-0.15, -0.1) is 0 Å². The molecule has 0 bridgehead atoms. The van der Waals surface area contributed by atoms with Crippen LogP contribution in [0, 0.1) is 0 Å². The Kier molecular flexibility index (Phi) is 4.04. The first-order valence-corrected chi connectivity index (χ1v) is 6.24. The summed E-state index contributed by atoms with van der Waals surface area (Å²) in [6.45, 7) is 6.87. The number of esters is 1. The summed E-state index contributed by atoms with van der Waals surface area (Å²) in [7, 11) is 1.38. The lowest BCUT2D eigenvalue weighted by Crippen LogP contribution is -2.53. The van der Waals surface area contributed by atoms with Crippen molar-refractivity contribution in [2.24, 2.45) is 0 Å². The van der Waals surface area contributed by atoms with Crippen molar-refractivity contribution in [3.05, 3.63) is 23.7 Å². The minimum Gasteiger partial charge on any atom is -0.467 e. The molecule has 1 aromatic heterocycles. The third-order valence-electron chi connectivity index (χ3n) is 3.39. The summed E-state index contributed by atoms with van der Waals surface area (Å²) in [4.78, 5) is 13.9. The first-order valence-electron chi connectivity index (χ1n) is 6.24. The maximum absolute atomic E-state index is 11.6. The molecule has 1 saturated heterocycles. The molecule has 0 aliphatic carbocycles. The highest BCUT2D eigenvalue weighted by Gasteiger charge is 2.25. The van der Waals surface area contributed by atoms with E-state index in [1.807, 2.05) is 0 Å². The van der Waals surface area contributed by atoms with Crippen molar-refractivity contribution >= 4 is 5.97 Å². The minimum atomic E-state index is -0.338. The lowest BCUT2D eigenvalue weighted by molar-refractivity contribution is 0.0593. The molecular weight excluding hydrogens is 232 g/mol. The quantitative estimate of drug-likeness (QED) is 0.820. The average Bonchev–Trinajstić information content (AvgIpc) is 2.81. The molecule has 100 valence electrons. The van der Waals surface area contributed by atoms with Crippen LogP contribution in [-0.2, 0) is 11.3 Å². The molecular formula is C13H20N2O3. The van der Waals surface area contributed by atoms with Gasteiger partial charge in [0.25, 0.3) is 0 Å². The molecule has 1 aliphatic heterocycles. The molecule has 0 aromatic carbocycles. The second-order valence-corrected chi connectivity index (χ2v) is 4.84. The van der Waals surface area contributed by atoms with Crippen LogP contribution in [0.1, 0.15) is 30.0 Å². The molecule has 2 rings (SSSR count). The van der Waals surface area contributed by atoms with Gasteiger partial charge in [0.2, 0.25) is 0 Å². The van der Waals surface area contributed by atoms with Crippen LogP contribution >= 0.6 is 0 Å². The van der Waals surface area contributed by atoms with Crippen molar-refractivity contribution in [2.75, 3.05) is 20.2 Å². The van der Waals surface area contributed by atoms with Gasteiger partial charge in [-0.05, 0) is 19.9 Å². The zero-order valence-corrected chi connectivity index (χ0v) is 11.1.